The van der Waals surface area contributed by atoms with E-state index >= 15 is 0 Å². The molecule has 142 valence electrons. The molecule has 0 aliphatic carbocycles. The van der Waals surface area contributed by atoms with Gasteiger partial charge in [-0.15, -0.1) is 0 Å². The zero-order chi connectivity index (χ0) is 19.2. The van der Waals surface area contributed by atoms with E-state index in [-0.39, 0.29) is 30.4 Å². The minimum absolute atomic E-state index is 0. The summed E-state index contributed by atoms with van der Waals surface area (Å²) < 4.78 is 0. The van der Waals surface area contributed by atoms with Gasteiger partial charge in [0.25, 0.3) is 0 Å². The average Bonchev–Trinajstić information content (AvgIpc) is 2.57. The Morgan fingerprint density at radius 2 is 0.778 bits per heavy atom. The molecular weight excluding hydrogens is 340 g/mol. The van der Waals surface area contributed by atoms with Crippen molar-refractivity contribution < 1.29 is 20.4 Å². The molecule has 3 aromatic carbocycles. The van der Waals surface area contributed by atoms with Crippen molar-refractivity contribution in [2.24, 2.45) is 0 Å². The fourth-order valence-corrected chi connectivity index (χ4v) is 3.26. The minimum Gasteiger partial charge on any atom is -0.507 e. The molecule has 0 aliphatic rings. The van der Waals surface area contributed by atoms with Crippen LogP contribution in [0.2, 0.25) is 0 Å². The zero-order valence-electron chi connectivity index (χ0n) is 15.3. The average molecular weight is 366 g/mol. The molecule has 0 saturated heterocycles. The molecule has 0 aliphatic heterocycles. The van der Waals surface area contributed by atoms with Crippen LogP contribution in [0.5, 0.6) is 23.0 Å². The van der Waals surface area contributed by atoms with Gasteiger partial charge in [-0.2, -0.15) is 0 Å². The monoisotopic (exact) mass is 366 g/mol. The fourth-order valence-electron chi connectivity index (χ4n) is 3.26. The number of phenolic OH excluding ortho intramolecular Hbond substituents is 4. The van der Waals surface area contributed by atoms with Gasteiger partial charge >= 0.3 is 0 Å². The Balaban J connectivity index is 0.00000261. The van der Waals surface area contributed by atoms with Crippen LogP contribution in [0, 0.1) is 27.7 Å². The lowest BCUT2D eigenvalue weighted by atomic mass is 9.93. The van der Waals surface area contributed by atoms with Crippen LogP contribution >= 0.6 is 0 Å². The lowest BCUT2D eigenvalue weighted by Crippen LogP contribution is -1.89. The van der Waals surface area contributed by atoms with Crippen LogP contribution in [-0.2, 0) is 0 Å². The third kappa shape index (κ3) is 3.56. The largest absolute Gasteiger partial charge is 0.507 e. The molecule has 0 fully saturated rings. The molecule has 4 nitrogen and oxygen atoms in total. The van der Waals surface area contributed by atoms with Gasteiger partial charge in [-0.1, -0.05) is 7.43 Å². The van der Waals surface area contributed by atoms with Crippen molar-refractivity contribution in [3.8, 4) is 45.3 Å². The van der Waals surface area contributed by atoms with Crippen molar-refractivity contribution in [3.05, 3.63) is 58.7 Å². The summed E-state index contributed by atoms with van der Waals surface area (Å²) in [6.45, 7) is 7.21. The lowest BCUT2D eigenvalue weighted by molar-refractivity contribution is 0.452. The van der Waals surface area contributed by atoms with Crippen LogP contribution in [0.15, 0.2) is 36.4 Å². The van der Waals surface area contributed by atoms with Crippen molar-refractivity contribution in [1.29, 1.82) is 0 Å². The van der Waals surface area contributed by atoms with Gasteiger partial charge < -0.3 is 20.4 Å². The van der Waals surface area contributed by atoms with E-state index in [9.17, 15) is 20.4 Å². The molecule has 4 heteroatoms. The summed E-state index contributed by atoms with van der Waals surface area (Å²) in [5, 5.41) is 40.7. The smallest absolute Gasteiger partial charge is 0.127 e. The highest BCUT2D eigenvalue weighted by atomic mass is 16.3. The van der Waals surface area contributed by atoms with Gasteiger partial charge in [-0.3, -0.25) is 0 Å². The first-order valence-electron chi connectivity index (χ1n) is 8.36. The molecule has 0 unspecified atom stereocenters. The van der Waals surface area contributed by atoms with Crippen molar-refractivity contribution in [3.63, 3.8) is 0 Å². The van der Waals surface area contributed by atoms with E-state index in [4.69, 9.17) is 0 Å². The SMILES string of the molecule is C.Cc1cc(-c2cc(-c3cc(C)c(O)c(C)c3)c(O)cc2O)cc(C)c1O. The van der Waals surface area contributed by atoms with Crippen LogP contribution in [-0.4, -0.2) is 20.4 Å². The summed E-state index contributed by atoms with van der Waals surface area (Å²) in [6, 6.07) is 10.2. The van der Waals surface area contributed by atoms with Crippen LogP contribution in [0.25, 0.3) is 22.3 Å². The molecule has 0 aromatic heterocycles. The van der Waals surface area contributed by atoms with Crippen molar-refractivity contribution in [2.75, 3.05) is 0 Å². The van der Waals surface area contributed by atoms with E-state index in [1.807, 2.05) is 0 Å². The molecule has 0 radical (unpaired) electrons. The number of aryl methyl sites for hydroxylation is 4. The Morgan fingerprint density at radius 1 is 0.481 bits per heavy atom. The highest BCUT2D eigenvalue weighted by Gasteiger charge is 2.15. The Bertz CT molecular complexity index is 894. The number of phenols is 4. The van der Waals surface area contributed by atoms with Crippen LogP contribution in [0.4, 0.5) is 0 Å². The van der Waals surface area contributed by atoms with Crippen LogP contribution < -0.4 is 0 Å². The molecule has 0 heterocycles. The molecular formula is C23H26O4. The summed E-state index contributed by atoms with van der Waals surface area (Å²) >= 11 is 0. The molecule has 0 atom stereocenters. The van der Waals surface area contributed by atoms with Crippen LogP contribution in [0.3, 0.4) is 0 Å². The predicted molar refractivity (Wildman–Crippen MR) is 110 cm³/mol. The van der Waals surface area contributed by atoms with E-state index in [0.29, 0.717) is 33.4 Å². The summed E-state index contributed by atoms with van der Waals surface area (Å²) in [5.41, 5.74) is 5.48. The quantitative estimate of drug-likeness (QED) is 0.468. The second-order valence-electron chi connectivity index (χ2n) is 6.80. The van der Waals surface area contributed by atoms with Gasteiger partial charge in [-0.25, -0.2) is 0 Å². The Morgan fingerprint density at radius 3 is 1.07 bits per heavy atom. The van der Waals surface area contributed by atoms with E-state index in [1.165, 1.54) is 6.07 Å². The molecule has 0 spiro atoms. The first-order valence-corrected chi connectivity index (χ1v) is 8.36. The topological polar surface area (TPSA) is 80.9 Å². The third-order valence-electron chi connectivity index (χ3n) is 4.72. The number of benzene rings is 3. The fraction of sp³-hybridized carbons (Fsp3) is 0.217. The molecule has 0 amide bonds. The van der Waals surface area contributed by atoms with E-state index in [1.54, 1.807) is 58.0 Å². The van der Waals surface area contributed by atoms with Gasteiger partial charge in [0.05, 0.1) is 0 Å². The Labute approximate surface area is 160 Å². The van der Waals surface area contributed by atoms with Gasteiger partial charge in [0.2, 0.25) is 0 Å². The van der Waals surface area contributed by atoms with Gasteiger partial charge in [0.1, 0.15) is 23.0 Å². The molecule has 0 bridgehead atoms. The highest BCUT2D eigenvalue weighted by Crippen LogP contribution is 2.42. The molecule has 3 aromatic rings. The number of hydrogen-bond acceptors (Lipinski definition) is 4. The number of aromatic hydroxyl groups is 4. The van der Waals surface area contributed by atoms with Gasteiger partial charge in [0.15, 0.2) is 0 Å². The predicted octanol–water partition coefficient (Wildman–Crippen LogP) is 5.71. The van der Waals surface area contributed by atoms with Gasteiger partial charge in [-0.05, 0) is 91.4 Å². The maximum absolute atomic E-state index is 10.4. The Hall–Kier alpha value is -3.14. The summed E-state index contributed by atoms with van der Waals surface area (Å²) in [6.07, 6.45) is 0. The third-order valence-corrected chi connectivity index (χ3v) is 4.72. The van der Waals surface area contributed by atoms with Gasteiger partial charge in [0, 0.05) is 17.2 Å². The van der Waals surface area contributed by atoms with E-state index in [0.717, 1.165) is 11.1 Å². The molecule has 0 saturated carbocycles. The van der Waals surface area contributed by atoms with E-state index in [2.05, 4.69) is 0 Å². The first-order chi connectivity index (χ1) is 12.2. The van der Waals surface area contributed by atoms with Crippen molar-refractivity contribution >= 4 is 0 Å². The zero-order valence-corrected chi connectivity index (χ0v) is 15.3. The standard InChI is InChI=1S/C22H22O4.CH4/c1-11-5-15(6-12(2)21(11)25)17-9-18(20(24)10-19(17)23)16-7-13(3)22(26)14(4)8-16;/h5-10,23-26H,1-4H3;1H4. The van der Waals surface area contributed by atoms with Crippen LogP contribution in [0.1, 0.15) is 29.7 Å². The maximum atomic E-state index is 10.4. The van der Waals surface area contributed by atoms with E-state index < -0.39 is 0 Å². The minimum atomic E-state index is -0.0389. The van der Waals surface area contributed by atoms with Crippen molar-refractivity contribution in [2.45, 2.75) is 35.1 Å². The Kier molecular flexibility index (Phi) is 5.41. The molecule has 27 heavy (non-hydrogen) atoms. The first kappa shape index (κ1) is 20.2. The summed E-state index contributed by atoms with van der Waals surface area (Å²) in [5.74, 6) is 0.389. The molecule has 4 N–H and O–H groups in total. The maximum Gasteiger partial charge on any atom is 0.127 e. The number of hydrogen-bond donors (Lipinski definition) is 4. The number of rotatable bonds is 2. The summed E-state index contributed by atoms with van der Waals surface area (Å²) in [7, 11) is 0. The summed E-state index contributed by atoms with van der Waals surface area (Å²) in [4.78, 5) is 0. The highest BCUT2D eigenvalue weighted by molar-refractivity contribution is 5.83. The lowest BCUT2D eigenvalue weighted by Gasteiger charge is -2.14. The second kappa shape index (κ2) is 7.23. The second-order valence-corrected chi connectivity index (χ2v) is 6.80. The molecule has 3 rings (SSSR count). The van der Waals surface area contributed by atoms with Crippen molar-refractivity contribution in [1.82, 2.24) is 0 Å². The normalized spacial score (nSPS) is 10.5.